The molecule has 1 unspecified atom stereocenters. The van der Waals surface area contributed by atoms with E-state index in [0.29, 0.717) is 17.5 Å². The summed E-state index contributed by atoms with van der Waals surface area (Å²) < 4.78 is 14.2. The van der Waals surface area contributed by atoms with Crippen molar-refractivity contribution in [3.8, 4) is 0 Å². The summed E-state index contributed by atoms with van der Waals surface area (Å²) in [7, 11) is 1.76. The lowest BCUT2D eigenvalue weighted by molar-refractivity contribution is -0.117. The van der Waals surface area contributed by atoms with Crippen LogP contribution in [0.4, 0.5) is 10.1 Å². The van der Waals surface area contributed by atoms with Gasteiger partial charge < -0.3 is 4.90 Å². The van der Waals surface area contributed by atoms with Gasteiger partial charge in [-0.05, 0) is 29.7 Å². The highest BCUT2D eigenvalue weighted by Crippen LogP contribution is 2.36. The molecule has 21 heavy (non-hydrogen) atoms. The predicted molar refractivity (Wildman–Crippen MR) is 82.4 cm³/mol. The van der Waals surface area contributed by atoms with E-state index in [1.54, 1.807) is 37.1 Å². The molecule has 1 aliphatic rings. The van der Waals surface area contributed by atoms with Crippen molar-refractivity contribution in [3.05, 3.63) is 64.5 Å². The van der Waals surface area contributed by atoms with Crippen molar-refractivity contribution < 1.29 is 9.18 Å². The van der Waals surface area contributed by atoms with E-state index >= 15 is 0 Å². The average molecular weight is 304 g/mol. The van der Waals surface area contributed by atoms with Crippen LogP contribution in [0.25, 0.3) is 0 Å². The zero-order chi connectivity index (χ0) is 15.1. The number of hydrogen-bond acceptors (Lipinski definition) is 1. The Kier molecular flexibility index (Phi) is 3.46. The van der Waals surface area contributed by atoms with E-state index in [9.17, 15) is 9.18 Å². The minimum Gasteiger partial charge on any atom is -0.315 e. The third-order valence-corrected chi connectivity index (χ3v) is 4.46. The molecular formula is C17H15ClFNO. The summed E-state index contributed by atoms with van der Waals surface area (Å²) in [6, 6.07) is 10.8. The van der Waals surface area contributed by atoms with Gasteiger partial charge in [0.25, 0.3) is 0 Å². The Balaban J connectivity index is 2.00. The van der Waals surface area contributed by atoms with Crippen molar-refractivity contribution in [1.82, 2.24) is 0 Å². The third kappa shape index (κ3) is 2.32. The topological polar surface area (TPSA) is 20.3 Å². The number of amides is 1. The van der Waals surface area contributed by atoms with E-state index in [-0.39, 0.29) is 11.7 Å². The number of carbonyl (C=O) groups excluding carboxylic acids is 1. The summed E-state index contributed by atoms with van der Waals surface area (Å²) in [6.07, 6.45) is 0.375. The van der Waals surface area contributed by atoms with Crippen LogP contribution in [0, 0.1) is 12.7 Å². The Morgan fingerprint density at radius 1 is 1.29 bits per heavy atom. The fraction of sp³-hybridized carbons (Fsp3) is 0.235. The number of anilines is 1. The monoisotopic (exact) mass is 303 g/mol. The second-order valence-electron chi connectivity index (χ2n) is 5.36. The lowest BCUT2D eigenvalue weighted by Crippen LogP contribution is -2.20. The fourth-order valence-electron chi connectivity index (χ4n) is 2.69. The van der Waals surface area contributed by atoms with Gasteiger partial charge in [0.05, 0.1) is 11.8 Å². The maximum atomic E-state index is 14.2. The van der Waals surface area contributed by atoms with Crippen molar-refractivity contribution in [2.75, 3.05) is 11.9 Å². The van der Waals surface area contributed by atoms with E-state index < -0.39 is 5.38 Å². The molecule has 3 rings (SSSR count). The molecule has 1 atom stereocenters. The molecule has 0 bridgehead atoms. The average Bonchev–Trinajstić information content (AvgIpc) is 2.76. The molecule has 1 aliphatic heterocycles. The lowest BCUT2D eigenvalue weighted by Gasteiger charge is -2.15. The van der Waals surface area contributed by atoms with Crippen molar-refractivity contribution >= 4 is 23.2 Å². The Morgan fingerprint density at radius 2 is 2.05 bits per heavy atom. The van der Waals surface area contributed by atoms with E-state index in [1.807, 2.05) is 18.2 Å². The maximum Gasteiger partial charge on any atom is 0.231 e. The van der Waals surface area contributed by atoms with Gasteiger partial charge in [0.2, 0.25) is 5.91 Å². The number of alkyl halides is 1. The molecule has 0 radical (unpaired) electrons. The van der Waals surface area contributed by atoms with Crippen LogP contribution >= 0.6 is 11.6 Å². The Bertz CT molecular complexity index is 729. The molecule has 2 nitrogen and oxygen atoms in total. The second kappa shape index (κ2) is 5.15. The van der Waals surface area contributed by atoms with Gasteiger partial charge in [0, 0.05) is 18.3 Å². The lowest BCUT2D eigenvalue weighted by atomic mass is 9.99. The first-order valence-corrected chi connectivity index (χ1v) is 7.21. The van der Waals surface area contributed by atoms with Gasteiger partial charge in [-0.2, -0.15) is 0 Å². The smallest absolute Gasteiger partial charge is 0.231 e. The molecule has 0 N–H and O–H groups in total. The molecule has 4 heteroatoms. The number of rotatable bonds is 2. The van der Waals surface area contributed by atoms with Crippen LogP contribution in [0.3, 0.4) is 0 Å². The predicted octanol–water partition coefficient (Wildman–Crippen LogP) is 3.98. The molecule has 0 spiro atoms. The van der Waals surface area contributed by atoms with Crippen LogP contribution in [0.2, 0.25) is 0 Å². The van der Waals surface area contributed by atoms with Crippen LogP contribution in [-0.2, 0) is 11.2 Å². The summed E-state index contributed by atoms with van der Waals surface area (Å²) in [5, 5.41) is -0.559. The van der Waals surface area contributed by atoms with Crippen molar-refractivity contribution in [2.45, 2.75) is 18.7 Å². The fourth-order valence-corrected chi connectivity index (χ4v) is 3.00. The molecule has 2 aromatic rings. The number of likely N-dealkylation sites (N-methyl/N-ethyl adjacent to an activating group) is 1. The zero-order valence-corrected chi connectivity index (χ0v) is 12.6. The van der Waals surface area contributed by atoms with Crippen LogP contribution in [0.1, 0.15) is 27.6 Å². The van der Waals surface area contributed by atoms with E-state index in [4.69, 9.17) is 11.6 Å². The Morgan fingerprint density at radius 3 is 2.81 bits per heavy atom. The molecule has 1 heterocycles. The SMILES string of the molecule is Cc1cccc(C(Cl)c2ccc3c(c2)CC(=O)N3C)c1F. The number of hydrogen-bond donors (Lipinski definition) is 0. The summed E-state index contributed by atoms with van der Waals surface area (Å²) in [4.78, 5) is 13.3. The molecule has 108 valence electrons. The highest BCUT2D eigenvalue weighted by molar-refractivity contribution is 6.22. The van der Waals surface area contributed by atoms with Crippen LogP contribution in [-0.4, -0.2) is 13.0 Å². The van der Waals surface area contributed by atoms with Crippen molar-refractivity contribution in [2.24, 2.45) is 0 Å². The van der Waals surface area contributed by atoms with Gasteiger partial charge in [-0.3, -0.25) is 4.79 Å². The van der Waals surface area contributed by atoms with E-state index in [2.05, 4.69) is 0 Å². The van der Waals surface area contributed by atoms with Crippen molar-refractivity contribution in [1.29, 1.82) is 0 Å². The molecule has 0 aromatic heterocycles. The van der Waals surface area contributed by atoms with Gasteiger partial charge in [-0.15, -0.1) is 11.6 Å². The number of aryl methyl sites for hydroxylation is 1. The van der Waals surface area contributed by atoms with Crippen LogP contribution in [0.5, 0.6) is 0 Å². The second-order valence-corrected chi connectivity index (χ2v) is 5.79. The summed E-state index contributed by atoms with van der Waals surface area (Å²) in [5.74, 6) is -0.207. The number of nitrogens with zero attached hydrogens (tertiary/aromatic N) is 1. The van der Waals surface area contributed by atoms with E-state index in [1.165, 1.54) is 0 Å². The number of fused-ring (bicyclic) bond motifs is 1. The van der Waals surface area contributed by atoms with Gasteiger partial charge in [0.15, 0.2) is 0 Å². The first kappa shape index (κ1) is 14.1. The Hall–Kier alpha value is -1.87. The first-order chi connectivity index (χ1) is 9.99. The highest BCUT2D eigenvalue weighted by atomic mass is 35.5. The Labute approximate surface area is 128 Å². The van der Waals surface area contributed by atoms with Gasteiger partial charge in [-0.1, -0.05) is 30.3 Å². The molecule has 0 fully saturated rings. The molecule has 1 amide bonds. The minimum atomic E-state index is -0.559. The molecule has 0 aliphatic carbocycles. The quantitative estimate of drug-likeness (QED) is 0.768. The van der Waals surface area contributed by atoms with Gasteiger partial charge >= 0.3 is 0 Å². The molecular weight excluding hydrogens is 289 g/mol. The van der Waals surface area contributed by atoms with Gasteiger partial charge in [0.1, 0.15) is 5.82 Å². The normalized spacial score (nSPS) is 15.2. The van der Waals surface area contributed by atoms with E-state index in [0.717, 1.165) is 16.8 Å². The standard InChI is InChI=1S/C17H15ClFNO/c1-10-4-3-5-13(17(10)19)16(18)11-6-7-14-12(8-11)9-15(21)20(14)2/h3-8,16H,9H2,1-2H3. The summed E-state index contributed by atoms with van der Waals surface area (Å²) in [6.45, 7) is 1.72. The minimum absolute atomic E-state index is 0.0648. The van der Waals surface area contributed by atoms with Crippen LogP contribution < -0.4 is 4.90 Å². The van der Waals surface area contributed by atoms with Crippen LogP contribution in [0.15, 0.2) is 36.4 Å². The van der Waals surface area contributed by atoms with Gasteiger partial charge in [-0.25, -0.2) is 4.39 Å². The number of carbonyl (C=O) groups is 1. The number of halogens is 2. The highest BCUT2D eigenvalue weighted by Gasteiger charge is 2.25. The third-order valence-electron chi connectivity index (χ3n) is 3.97. The molecule has 0 saturated heterocycles. The van der Waals surface area contributed by atoms with Crippen molar-refractivity contribution in [3.63, 3.8) is 0 Å². The first-order valence-electron chi connectivity index (χ1n) is 6.77. The zero-order valence-electron chi connectivity index (χ0n) is 11.9. The summed E-state index contributed by atoms with van der Waals surface area (Å²) >= 11 is 6.44. The summed E-state index contributed by atoms with van der Waals surface area (Å²) in [5.41, 5.74) is 3.70. The largest absolute Gasteiger partial charge is 0.315 e. The maximum absolute atomic E-state index is 14.2. The molecule has 0 saturated carbocycles. The molecule has 2 aromatic carbocycles. The number of benzene rings is 2.